The van der Waals surface area contributed by atoms with E-state index in [1.807, 2.05) is 13.0 Å². The lowest BCUT2D eigenvalue weighted by Crippen LogP contribution is -2.43. The number of nitrogens with one attached hydrogen (secondary N) is 2. The first kappa shape index (κ1) is 21.1. The van der Waals surface area contributed by atoms with Crippen molar-refractivity contribution in [3.63, 3.8) is 0 Å². The smallest absolute Gasteiger partial charge is 0.191 e. The van der Waals surface area contributed by atoms with E-state index in [9.17, 15) is 9.50 Å². The zero-order valence-electron chi connectivity index (χ0n) is 14.1. The average Bonchev–Trinajstić information content (AvgIpc) is 2.55. The maximum absolute atomic E-state index is 13.6. The molecule has 3 N–H and O–H groups in total. The Morgan fingerprint density at radius 2 is 2.00 bits per heavy atom. The number of aliphatic hydroxyl groups is 1. The molecule has 1 saturated heterocycles. The molecule has 1 aliphatic heterocycles. The molecule has 136 valence electrons. The predicted octanol–water partition coefficient (Wildman–Crippen LogP) is 2.08. The molecule has 1 aromatic rings. The van der Waals surface area contributed by atoms with Crippen molar-refractivity contribution in [2.24, 2.45) is 4.99 Å². The fraction of sp³-hybridized carbons (Fsp3) is 0.588. The van der Waals surface area contributed by atoms with Crippen molar-refractivity contribution in [3.05, 3.63) is 35.6 Å². The quantitative estimate of drug-likeness (QED) is 0.352. The number of hydrogen-bond acceptors (Lipinski definition) is 3. The van der Waals surface area contributed by atoms with E-state index < -0.39 is 5.60 Å². The van der Waals surface area contributed by atoms with Crippen LogP contribution < -0.4 is 10.6 Å². The van der Waals surface area contributed by atoms with Crippen LogP contribution in [0.15, 0.2) is 29.3 Å². The van der Waals surface area contributed by atoms with Gasteiger partial charge in [-0.1, -0.05) is 18.2 Å². The van der Waals surface area contributed by atoms with Gasteiger partial charge in [0.25, 0.3) is 0 Å². The predicted molar refractivity (Wildman–Crippen MR) is 105 cm³/mol. The number of guanidine groups is 1. The van der Waals surface area contributed by atoms with Crippen LogP contribution in [-0.2, 0) is 11.2 Å². The van der Waals surface area contributed by atoms with Gasteiger partial charge in [0.15, 0.2) is 5.96 Å². The molecular formula is C17H27FIN3O2. The molecule has 2 rings (SSSR count). The molecule has 1 heterocycles. The van der Waals surface area contributed by atoms with E-state index in [1.54, 1.807) is 12.1 Å². The summed E-state index contributed by atoms with van der Waals surface area (Å²) >= 11 is 0. The maximum atomic E-state index is 13.6. The fourth-order valence-corrected chi connectivity index (χ4v) is 2.49. The lowest BCUT2D eigenvalue weighted by molar-refractivity contribution is -0.0565. The summed E-state index contributed by atoms with van der Waals surface area (Å²) in [6, 6.07) is 6.77. The summed E-state index contributed by atoms with van der Waals surface area (Å²) in [6.07, 6.45) is 1.78. The Morgan fingerprint density at radius 1 is 1.29 bits per heavy atom. The molecular weight excluding hydrogens is 424 g/mol. The number of hydrogen-bond donors (Lipinski definition) is 3. The number of aliphatic imine (C=N–C) groups is 1. The van der Waals surface area contributed by atoms with E-state index >= 15 is 0 Å². The fourth-order valence-electron chi connectivity index (χ4n) is 2.49. The third-order valence-corrected chi connectivity index (χ3v) is 3.94. The van der Waals surface area contributed by atoms with Crippen LogP contribution >= 0.6 is 24.0 Å². The second-order valence-electron chi connectivity index (χ2n) is 5.80. The van der Waals surface area contributed by atoms with Gasteiger partial charge in [0.05, 0.1) is 12.1 Å². The van der Waals surface area contributed by atoms with Crippen molar-refractivity contribution >= 4 is 29.9 Å². The van der Waals surface area contributed by atoms with E-state index in [0.29, 0.717) is 57.1 Å². The molecule has 1 aliphatic rings. The van der Waals surface area contributed by atoms with Gasteiger partial charge < -0.3 is 20.5 Å². The molecule has 0 radical (unpaired) electrons. The van der Waals surface area contributed by atoms with Crippen LogP contribution in [0.1, 0.15) is 25.3 Å². The average molecular weight is 451 g/mol. The van der Waals surface area contributed by atoms with Crippen LogP contribution in [0.5, 0.6) is 0 Å². The number of rotatable bonds is 6. The number of ether oxygens (including phenoxy) is 1. The topological polar surface area (TPSA) is 65.9 Å². The molecule has 1 aromatic carbocycles. The van der Waals surface area contributed by atoms with Crippen LogP contribution in [0.3, 0.4) is 0 Å². The van der Waals surface area contributed by atoms with Gasteiger partial charge in [-0.15, -0.1) is 24.0 Å². The van der Waals surface area contributed by atoms with Gasteiger partial charge in [0.1, 0.15) is 5.82 Å². The molecule has 0 spiro atoms. The third kappa shape index (κ3) is 6.90. The Hall–Kier alpha value is -0.930. The highest BCUT2D eigenvalue weighted by Crippen LogP contribution is 2.20. The summed E-state index contributed by atoms with van der Waals surface area (Å²) in [7, 11) is 0. The molecule has 0 saturated carbocycles. The van der Waals surface area contributed by atoms with Crippen LogP contribution in [0.4, 0.5) is 4.39 Å². The first-order valence-electron chi connectivity index (χ1n) is 8.19. The largest absolute Gasteiger partial charge is 0.388 e. The Balaban J connectivity index is 0.00000288. The first-order chi connectivity index (χ1) is 11.1. The highest BCUT2D eigenvalue weighted by Gasteiger charge is 2.29. The van der Waals surface area contributed by atoms with Crippen molar-refractivity contribution in [2.45, 2.75) is 31.8 Å². The summed E-state index contributed by atoms with van der Waals surface area (Å²) in [5.41, 5.74) is -0.106. The summed E-state index contributed by atoms with van der Waals surface area (Å²) in [6.45, 7) is 4.77. The van der Waals surface area contributed by atoms with Crippen molar-refractivity contribution < 1.29 is 14.2 Å². The first-order valence-corrected chi connectivity index (χ1v) is 8.19. The Labute approximate surface area is 160 Å². The second-order valence-corrected chi connectivity index (χ2v) is 5.80. The van der Waals surface area contributed by atoms with Gasteiger partial charge in [-0.25, -0.2) is 4.39 Å². The standard InChI is InChI=1S/C17H26FN3O2.HI/c1-2-19-16(21-13-17(22)8-11-23-12-9-17)20-10-7-14-5-3-4-6-15(14)18;/h3-6,22H,2,7-13H2,1H3,(H2,19,20,21);1H. The van der Waals surface area contributed by atoms with Crippen LogP contribution in [0.2, 0.25) is 0 Å². The van der Waals surface area contributed by atoms with Gasteiger partial charge in [0.2, 0.25) is 0 Å². The maximum Gasteiger partial charge on any atom is 0.191 e. The number of benzene rings is 1. The summed E-state index contributed by atoms with van der Waals surface area (Å²) in [4.78, 5) is 4.46. The summed E-state index contributed by atoms with van der Waals surface area (Å²) in [5.74, 6) is 0.455. The van der Waals surface area contributed by atoms with E-state index in [4.69, 9.17) is 4.74 Å². The Kier molecular flexibility index (Phi) is 9.53. The van der Waals surface area contributed by atoms with E-state index in [0.717, 1.165) is 6.54 Å². The zero-order valence-corrected chi connectivity index (χ0v) is 16.4. The van der Waals surface area contributed by atoms with Gasteiger partial charge in [0, 0.05) is 39.1 Å². The van der Waals surface area contributed by atoms with Crippen molar-refractivity contribution in [1.82, 2.24) is 10.6 Å². The molecule has 5 nitrogen and oxygen atoms in total. The summed E-state index contributed by atoms with van der Waals surface area (Å²) in [5, 5.41) is 16.8. The lowest BCUT2D eigenvalue weighted by atomic mass is 9.95. The zero-order chi connectivity index (χ0) is 16.5. The summed E-state index contributed by atoms with van der Waals surface area (Å²) < 4.78 is 18.9. The van der Waals surface area contributed by atoms with E-state index in [1.165, 1.54) is 6.07 Å². The van der Waals surface area contributed by atoms with Gasteiger partial charge >= 0.3 is 0 Å². The molecule has 0 bridgehead atoms. The van der Waals surface area contributed by atoms with Gasteiger partial charge in [-0.05, 0) is 25.0 Å². The number of nitrogens with zero attached hydrogens (tertiary/aromatic N) is 1. The molecule has 24 heavy (non-hydrogen) atoms. The molecule has 7 heteroatoms. The third-order valence-electron chi connectivity index (χ3n) is 3.94. The molecule has 0 aromatic heterocycles. The molecule has 1 fully saturated rings. The Morgan fingerprint density at radius 3 is 2.67 bits per heavy atom. The van der Waals surface area contributed by atoms with Crippen molar-refractivity contribution in [3.8, 4) is 0 Å². The highest BCUT2D eigenvalue weighted by atomic mass is 127. The van der Waals surface area contributed by atoms with Crippen molar-refractivity contribution in [2.75, 3.05) is 32.8 Å². The molecule has 0 unspecified atom stereocenters. The molecule has 0 aliphatic carbocycles. The SMILES string of the molecule is CCNC(=NCC1(O)CCOCC1)NCCc1ccccc1F.I. The lowest BCUT2D eigenvalue weighted by Gasteiger charge is -2.30. The van der Waals surface area contributed by atoms with Crippen LogP contribution in [0.25, 0.3) is 0 Å². The number of halogens is 2. The Bertz CT molecular complexity index is 522. The van der Waals surface area contributed by atoms with Gasteiger partial charge in [-0.2, -0.15) is 0 Å². The minimum atomic E-state index is -0.786. The second kappa shape index (κ2) is 10.8. The van der Waals surface area contributed by atoms with Crippen LogP contribution in [0, 0.1) is 5.82 Å². The minimum Gasteiger partial charge on any atom is -0.388 e. The monoisotopic (exact) mass is 451 g/mol. The highest BCUT2D eigenvalue weighted by molar-refractivity contribution is 14.0. The van der Waals surface area contributed by atoms with Crippen molar-refractivity contribution in [1.29, 1.82) is 0 Å². The van der Waals surface area contributed by atoms with Gasteiger partial charge in [-0.3, -0.25) is 4.99 Å². The van der Waals surface area contributed by atoms with E-state index in [-0.39, 0.29) is 29.8 Å². The normalized spacial score (nSPS) is 17.0. The molecule has 0 amide bonds. The van der Waals surface area contributed by atoms with E-state index in [2.05, 4.69) is 15.6 Å². The van der Waals surface area contributed by atoms with Crippen LogP contribution in [-0.4, -0.2) is 49.5 Å². The minimum absolute atomic E-state index is 0. The molecule has 0 atom stereocenters.